The summed E-state index contributed by atoms with van der Waals surface area (Å²) >= 11 is 4.93. The van der Waals surface area contributed by atoms with Crippen LogP contribution in [0.2, 0.25) is 0 Å². The molecule has 18 heavy (non-hydrogen) atoms. The van der Waals surface area contributed by atoms with Crippen molar-refractivity contribution in [3.63, 3.8) is 0 Å². The van der Waals surface area contributed by atoms with Gasteiger partial charge in [-0.05, 0) is 26.7 Å². The summed E-state index contributed by atoms with van der Waals surface area (Å²) in [6.07, 6.45) is 1.42. The van der Waals surface area contributed by atoms with Gasteiger partial charge in [0.25, 0.3) is 0 Å². The van der Waals surface area contributed by atoms with Crippen molar-refractivity contribution in [2.24, 2.45) is 5.73 Å². The van der Waals surface area contributed by atoms with Gasteiger partial charge in [0.1, 0.15) is 10.6 Å². The van der Waals surface area contributed by atoms with Crippen LogP contribution in [0.4, 0.5) is 0 Å². The molecule has 1 aromatic rings. The molecule has 0 amide bonds. The smallest absolute Gasteiger partial charge is 0.249 e. The van der Waals surface area contributed by atoms with Crippen LogP contribution in [0.1, 0.15) is 24.3 Å². The minimum atomic E-state index is -3.64. The van der Waals surface area contributed by atoms with E-state index in [0.717, 1.165) is 6.42 Å². The van der Waals surface area contributed by atoms with Crippen LogP contribution in [0.5, 0.6) is 0 Å². The third kappa shape index (κ3) is 2.04. The van der Waals surface area contributed by atoms with Gasteiger partial charge in [0.05, 0.1) is 11.0 Å². The molecule has 2 heterocycles. The van der Waals surface area contributed by atoms with Crippen molar-refractivity contribution in [2.45, 2.75) is 37.6 Å². The Hall–Kier alpha value is -0.990. The highest BCUT2D eigenvalue weighted by Gasteiger charge is 2.39. The molecule has 0 spiro atoms. The number of nitrogens with two attached hydrogens (primary N) is 1. The fraction of sp³-hybridized carbons (Fsp3) is 0.600. The minimum absolute atomic E-state index is 0.130. The fourth-order valence-corrected chi connectivity index (χ4v) is 4.55. The van der Waals surface area contributed by atoms with E-state index in [1.54, 1.807) is 13.8 Å². The highest BCUT2D eigenvalue weighted by atomic mass is 32.2. The van der Waals surface area contributed by atoms with E-state index in [2.05, 4.69) is 5.16 Å². The normalized spacial score (nSPS) is 21.3. The first-order chi connectivity index (χ1) is 8.35. The molecule has 1 fully saturated rings. The molecule has 0 aromatic carbocycles. The molecule has 2 N–H and O–H groups in total. The lowest BCUT2D eigenvalue weighted by Crippen LogP contribution is -2.43. The Morgan fingerprint density at radius 3 is 2.72 bits per heavy atom. The average molecular weight is 289 g/mol. The van der Waals surface area contributed by atoms with Crippen LogP contribution in [0.3, 0.4) is 0 Å². The van der Waals surface area contributed by atoms with Gasteiger partial charge in [0, 0.05) is 6.54 Å². The van der Waals surface area contributed by atoms with Crippen molar-refractivity contribution in [3.8, 4) is 0 Å². The molecule has 8 heteroatoms. The van der Waals surface area contributed by atoms with Crippen LogP contribution in [-0.2, 0) is 10.0 Å². The molecule has 1 aromatic heterocycles. The van der Waals surface area contributed by atoms with E-state index in [1.807, 2.05) is 0 Å². The molecular weight excluding hydrogens is 274 g/mol. The average Bonchev–Trinajstić information content (AvgIpc) is 2.85. The number of nitrogens with zero attached hydrogens (tertiary/aromatic N) is 2. The summed E-state index contributed by atoms with van der Waals surface area (Å²) < 4.78 is 31.4. The Morgan fingerprint density at radius 1 is 1.56 bits per heavy atom. The van der Waals surface area contributed by atoms with Crippen molar-refractivity contribution in [2.75, 3.05) is 6.54 Å². The number of aromatic nitrogens is 1. The third-order valence-corrected chi connectivity index (χ3v) is 5.49. The van der Waals surface area contributed by atoms with E-state index >= 15 is 0 Å². The van der Waals surface area contributed by atoms with Crippen LogP contribution < -0.4 is 5.73 Å². The Morgan fingerprint density at radius 2 is 2.22 bits per heavy atom. The summed E-state index contributed by atoms with van der Waals surface area (Å²) in [6.45, 7) is 3.61. The van der Waals surface area contributed by atoms with Crippen molar-refractivity contribution in [1.29, 1.82) is 0 Å². The van der Waals surface area contributed by atoms with Gasteiger partial charge in [-0.1, -0.05) is 17.4 Å². The van der Waals surface area contributed by atoms with Gasteiger partial charge < -0.3 is 10.3 Å². The number of sulfonamides is 1. The number of thiocarbonyl (C=S) groups is 1. The Kier molecular flexibility index (Phi) is 3.43. The monoisotopic (exact) mass is 289 g/mol. The van der Waals surface area contributed by atoms with E-state index in [1.165, 1.54) is 4.31 Å². The summed E-state index contributed by atoms with van der Waals surface area (Å²) in [4.78, 5) is 0.341. The van der Waals surface area contributed by atoms with Crippen LogP contribution in [-0.4, -0.2) is 35.5 Å². The molecule has 0 aliphatic carbocycles. The first-order valence-electron chi connectivity index (χ1n) is 5.59. The lowest BCUT2D eigenvalue weighted by molar-refractivity contribution is 0.389. The van der Waals surface area contributed by atoms with Gasteiger partial charge in [0.2, 0.25) is 10.0 Å². The van der Waals surface area contributed by atoms with Crippen LogP contribution in [0.15, 0.2) is 9.42 Å². The molecule has 1 atom stereocenters. The number of rotatable bonds is 3. The highest BCUT2D eigenvalue weighted by molar-refractivity contribution is 7.89. The van der Waals surface area contributed by atoms with Gasteiger partial charge in [0.15, 0.2) is 5.76 Å². The second-order valence-electron chi connectivity index (χ2n) is 4.33. The summed E-state index contributed by atoms with van der Waals surface area (Å²) in [7, 11) is -3.64. The molecule has 0 radical (unpaired) electrons. The zero-order valence-electron chi connectivity index (χ0n) is 10.2. The summed E-state index contributed by atoms with van der Waals surface area (Å²) in [5, 5.41) is 3.68. The maximum absolute atomic E-state index is 12.6. The van der Waals surface area contributed by atoms with Gasteiger partial charge in [-0.15, -0.1) is 0 Å². The SMILES string of the molecule is Cc1noc(C)c1S(=O)(=O)N1CCCC1C(N)=S. The third-order valence-electron chi connectivity index (χ3n) is 3.07. The molecule has 1 unspecified atom stereocenters. The maximum atomic E-state index is 12.6. The summed E-state index contributed by atoms with van der Waals surface area (Å²) in [5.74, 6) is 0.293. The fourth-order valence-electron chi connectivity index (χ4n) is 2.27. The minimum Gasteiger partial charge on any atom is -0.392 e. The van der Waals surface area contributed by atoms with Crippen molar-refractivity contribution in [1.82, 2.24) is 9.46 Å². The molecule has 1 saturated heterocycles. The molecule has 2 rings (SSSR count). The Bertz CT molecular complexity index is 560. The van der Waals surface area contributed by atoms with Gasteiger partial charge in [-0.25, -0.2) is 8.42 Å². The second-order valence-corrected chi connectivity index (χ2v) is 6.63. The Balaban J connectivity index is 2.46. The largest absolute Gasteiger partial charge is 0.392 e. The van der Waals surface area contributed by atoms with Gasteiger partial charge in [-0.2, -0.15) is 4.31 Å². The zero-order valence-corrected chi connectivity index (χ0v) is 11.8. The molecule has 6 nitrogen and oxygen atoms in total. The van der Waals surface area contributed by atoms with Crippen molar-refractivity contribution >= 4 is 27.2 Å². The van der Waals surface area contributed by atoms with Crippen molar-refractivity contribution < 1.29 is 12.9 Å². The van der Waals surface area contributed by atoms with E-state index in [-0.39, 0.29) is 9.88 Å². The first kappa shape index (κ1) is 13.4. The van der Waals surface area contributed by atoms with E-state index in [9.17, 15) is 8.42 Å². The lowest BCUT2D eigenvalue weighted by atomic mass is 10.2. The molecule has 100 valence electrons. The predicted molar refractivity (Wildman–Crippen MR) is 69.7 cm³/mol. The van der Waals surface area contributed by atoms with Crippen LogP contribution in [0.25, 0.3) is 0 Å². The van der Waals surface area contributed by atoms with E-state index < -0.39 is 16.1 Å². The number of aryl methyl sites for hydroxylation is 2. The second kappa shape index (κ2) is 4.60. The lowest BCUT2D eigenvalue weighted by Gasteiger charge is -2.22. The first-order valence-corrected chi connectivity index (χ1v) is 7.44. The molecule has 0 saturated carbocycles. The van der Waals surface area contributed by atoms with Gasteiger partial charge in [-0.3, -0.25) is 0 Å². The zero-order chi connectivity index (χ0) is 13.5. The summed E-state index contributed by atoms with van der Waals surface area (Å²) in [5.41, 5.74) is 5.96. The highest BCUT2D eigenvalue weighted by Crippen LogP contribution is 2.29. The van der Waals surface area contributed by atoms with Crippen LogP contribution in [0, 0.1) is 13.8 Å². The van der Waals surface area contributed by atoms with Crippen molar-refractivity contribution in [3.05, 3.63) is 11.5 Å². The number of hydrogen-bond donors (Lipinski definition) is 1. The van der Waals surface area contributed by atoms with E-state index in [4.69, 9.17) is 22.5 Å². The topological polar surface area (TPSA) is 89.4 Å². The standard InChI is InChI=1S/C10H15N3O3S2/c1-6-9(7(2)16-12-6)18(14,15)13-5-3-4-8(13)10(11)17/h8H,3-5H2,1-2H3,(H2,11,17). The number of hydrogen-bond acceptors (Lipinski definition) is 5. The van der Waals surface area contributed by atoms with Gasteiger partial charge >= 0.3 is 0 Å². The molecule has 1 aliphatic heterocycles. The quantitative estimate of drug-likeness (QED) is 0.825. The molecule has 1 aliphatic rings. The predicted octanol–water partition coefficient (Wildman–Crippen LogP) is 0.731. The van der Waals surface area contributed by atoms with Crippen LogP contribution >= 0.6 is 12.2 Å². The maximum Gasteiger partial charge on any atom is 0.249 e. The van der Waals surface area contributed by atoms with E-state index in [0.29, 0.717) is 24.4 Å². The molecular formula is C10H15N3O3S2. The summed E-state index contributed by atoms with van der Waals surface area (Å²) in [6, 6.07) is -0.404. The molecule has 0 bridgehead atoms. The Labute approximate surface area is 111 Å².